The second-order valence-electron chi connectivity index (χ2n) is 6.06. The summed E-state index contributed by atoms with van der Waals surface area (Å²) in [5.41, 5.74) is 1.05. The fourth-order valence-electron chi connectivity index (χ4n) is 2.79. The summed E-state index contributed by atoms with van der Waals surface area (Å²) >= 11 is 1.83. The largest absolute Gasteiger partial charge is 0.489 e. The molecule has 1 aliphatic rings. The lowest BCUT2D eigenvalue weighted by Gasteiger charge is -2.17. The summed E-state index contributed by atoms with van der Waals surface area (Å²) < 4.78 is 6.15. The summed E-state index contributed by atoms with van der Waals surface area (Å²) in [7, 11) is 4.10. The van der Waals surface area contributed by atoms with Gasteiger partial charge in [0.25, 0.3) is 0 Å². The van der Waals surface area contributed by atoms with Gasteiger partial charge in [0, 0.05) is 43.3 Å². The summed E-state index contributed by atoms with van der Waals surface area (Å²) in [6.45, 7) is 3.99. The number of pyridine rings is 1. The second-order valence-corrected chi connectivity index (χ2v) is 7.10. The SMILES string of the molecule is CN(C)Cc1cc(OC2CCN(Cc3cccs3)C2)ccn1. The van der Waals surface area contributed by atoms with Gasteiger partial charge < -0.3 is 9.64 Å². The van der Waals surface area contributed by atoms with Crippen LogP contribution in [0.2, 0.25) is 0 Å². The Labute approximate surface area is 136 Å². The lowest BCUT2D eigenvalue weighted by atomic mass is 10.3. The second kappa shape index (κ2) is 7.22. The average Bonchev–Trinajstić information content (AvgIpc) is 3.11. The van der Waals surface area contributed by atoms with Gasteiger partial charge >= 0.3 is 0 Å². The van der Waals surface area contributed by atoms with Crippen LogP contribution in [0.1, 0.15) is 17.0 Å². The highest BCUT2D eigenvalue weighted by Crippen LogP contribution is 2.21. The van der Waals surface area contributed by atoms with E-state index in [4.69, 9.17) is 4.74 Å². The molecule has 5 heteroatoms. The number of ether oxygens (including phenoxy) is 1. The van der Waals surface area contributed by atoms with Gasteiger partial charge in [-0.05, 0) is 38.0 Å². The number of aromatic nitrogens is 1. The van der Waals surface area contributed by atoms with Crippen molar-refractivity contribution < 1.29 is 4.74 Å². The van der Waals surface area contributed by atoms with Gasteiger partial charge in [-0.25, -0.2) is 0 Å². The predicted octanol–water partition coefficient (Wildman–Crippen LogP) is 2.86. The van der Waals surface area contributed by atoms with Gasteiger partial charge in [0.15, 0.2) is 0 Å². The van der Waals surface area contributed by atoms with E-state index in [2.05, 4.69) is 52.5 Å². The Balaban J connectivity index is 1.53. The molecule has 2 aromatic heterocycles. The Morgan fingerprint density at radius 2 is 2.32 bits per heavy atom. The van der Waals surface area contributed by atoms with E-state index in [9.17, 15) is 0 Å². The highest BCUT2D eigenvalue weighted by atomic mass is 32.1. The molecule has 1 saturated heterocycles. The summed E-state index contributed by atoms with van der Waals surface area (Å²) in [4.78, 5) is 10.4. The molecule has 118 valence electrons. The summed E-state index contributed by atoms with van der Waals surface area (Å²) in [6, 6.07) is 8.34. The van der Waals surface area contributed by atoms with Crippen molar-refractivity contribution in [1.29, 1.82) is 0 Å². The molecule has 0 amide bonds. The first-order valence-corrected chi connectivity index (χ1v) is 8.58. The van der Waals surface area contributed by atoms with E-state index in [-0.39, 0.29) is 6.10 Å². The summed E-state index contributed by atoms with van der Waals surface area (Å²) in [5.74, 6) is 0.940. The number of rotatable bonds is 6. The van der Waals surface area contributed by atoms with Crippen molar-refractivity contribution >= 4 is 11.3 Å². The van der Waals surface area contributed by atoms with Crippen molar-refractivity contribution in [1.82, 2.24) is 14.8 Å². The fourth-order valence-corrected chi connectivity index (χ4v) is 3.54. The number of likely N-dealkylation sites (tertiary alicyclic amines) is 1. The van der Waals surface area contributed by atoms with Crippen LogP contribution < -0.4 is 4.74 Å². The van der Waals surface area contributed by atoms with Crippen LogP contribution in [0.15, 0.2) is 35.8 Å². The maximum absolute atomic E-state index is 6.15. The van der Waals surface area contributed by atoms with Crippen molar-refractivity contribution in [2.75, 3.05) is 27.2 Å². The molecule has 0 spiro atoms. The van der Waals surface area contributed by atoms with E-state index in [0.717, 1.165) is 44.0 Å². The Morgan fingerprint density at radius 3 is 3.09 bits per heavy atom. The topological polar surface area (TPSA) is 28.6 Å². The molecule has 0 radical (unpaired) electrons. The van der Waals surface area contributed by atoms with Crippen LogP contribution in [0.3, 0.4) is 0 Å². The minimum absolute atomic E-state index is 0.287. The molecule has 3 rings (SSSR count). The Kier molecular flexibility index (Phi) is 5.08. The highest BCUT2D eigenvalue weighted by molar-refractivity contribution is 7.09. The quantitative estimate of drug-likeness (QED) is 0.819. The van der Waals surface area contributed by atoms with E-state index in [1.807, 2.05) is 23.6 Å². The average molecular weight is 317 g/mol. The first-order valence-electron chi connectivity index (χ1n) is 7.70. The first-order chi connectivity index (χ1) is 10.7. The maximum atomic E-state index is 6.15. The molecule has 22 heavy (non-hydrogen) atoms. The molecule has 1 aliphatic heterocycles. The molecule has 4 nitrogen and oxygen atoms in total. The lowest BCUT2D eigenvalue weighted by molar-refractivity contribution is 0.198. The highest BCUT2D eigenvalue weighted by Gasteiger charge is 2.24. The minimum Gasteiger partial charge on any atom is -0.489 e. The standard InChI is InChI=1S/C17H23N3OS/c1-19(2)11-14-10-15(5-7-18-14)21-16-6-8-20(12-16)13-17-4-3-9-22-17/h3-5,7,9-10,16H,6,8,11-13H2,1-2H3. The zero-order valence-electron chi connectivity index (χ0n) is 13.2. The molecule has 1 fully saturated rings. The third-order valence-corrected chi connectivity index (χ3v) is 4.62. The number of thiophene rings is 1. The van der Waals surface area contributed by atoms with Gasteiger partial charge in [-0.2, -0.15) is 0 Å². The van der Waals surface area contributed by atoms with E-state index < -0.39 is 0 Å². The molecule has 0 aliphatic carbocycles. The smallest absolute Gasteiger partial charge is 0.123 e. The van der Waals surface area contributed by atoms with Gasteiger partial charge in [0.05, 0.1) is 5.69 Å². The van der Waals surface area contributed by atoms with Crippen LogP contribution in [0, 0.1) is 0 Å². The molecular formula is C17H23N3OS. The Hall–Kier alpha value is -1.43. The van der Waals surface area contributed by atoms with Crippen LogP contribution in [0.5, 0.6) is 5.75 Å². The Bertz CT molecular complexity index is 585. The van der Waals surface area contributed by atoms with E-state index in [0.29, 0.717) is 0 Å². The summed E-state index contributed by atoms with van der Waals surface area (Å²) in [5, 5.41) is 2.14. The molecule has 3 heterocycles. The van der Waals surface area contributed by atoms with Gasteiger partial charge in [-0.1, -0.05) is 6.07 Å². The third-order valence-electron chi connectivity index (χ3n) is 3.76. The van der Waals surface area contributed by atoms with Crippen molar-refractivity contribution in [3.05, 3.63) is 46.4 Å². The molecule has 0 saturated carbocycles. The van der Waals surface area contributed by atoms with Crippen LogP contribution in [-0.2, 0) is 13.1 Å². The van der Waals surface area contributed by atoms with Crippen LogP contribution in [-0.4, -0.2) is 48.1 Å². The predicted molar refractivity (Wildman–Crippen MR) is 90.3 cm³/mol. The molecule has 0 N–H and O–H groups in total. The molecule has 2 aromatic rings. The minimum atomic E-state index is 0.287. The van der Waals surface area contributed by atoms with Crippen LogP contribution in [0.4, 0.5) is 0 Å². The third kappa shape index (κ3) is 4.29. The first kappa shape index (κ1) is 15.5. The van der Waals surface area contributed by atoms with E-state index in [1.165, 1.54) is 4.88 Å². The van der Waals surface area contributed by atoms with Crippen LogP contribution in [0.25, 0.3) is 0 Å². The van der Waals surface area contributed by atoms with Crippen molar-refractivity contribution in [2.24, 2.45) is 0 Å². The fraction of sp³-hybridized carbons (Fsp3) is 0.471. The molecular weight excluding hydrogens is 294 g/mol. The summed E-state index contributed by atoms with van der Waals surface area (Å²) in [6.07, 6.45) is 3.22. The van der Waals surface area contributed by atoms with Crippen molar-refractivity contribution in [2.45, 2.75) is 25.6 Å². The van der Waals surface area contributed by atoms with Gasteiger partial charge in [-0.3, -0.25) is 9.88 Å². The Morgan fingerprint density at radius 1 is 1.41 bits per heavy atom. The van der Waals surface area contributed by atoms with Crippen LogP contribution >= 0.6 is 11.3 Å². The normalized spacial score (nSPS) is 19.0. The van der Waals surface area contributed by atoms with Gasteiger partial charge in [0.1, 0.15) is 11.9 Å². The molecule has 0 bridgehead atoms. The van der Waals surface area contributed by atoms with E-state index >= 15 is 0 Å². The monoisotopic (exact) mass is 317 g/mol. The maximum Gasteiger partial charge on any atom is 0.123 e. The molecule has 1 unspecified atom stereocenters. The van der Waals surface area contributed by atoms with Crippen molar-refractivity contribution in [3.8, 4) is 5.75 Å². The lowest BCUT2D eigenvalue weighted by Crippen LogP contribution is -2.24. The molecule has 1 atom stereocenters. The van der Waals surface area contributed by atoms with E-state index in [1.54, 1.807) is 0 Å². The van der Waals surface area contributed by atoms with Gasteiger partial charge in [-0.15, -0.1) is 11.3 Å². The van der Waals surface area contributed by atoms with Gasteiger partial charge in [0.2, 0.25) is 0 Å². The zero-order chi connectivity index (χ0) is 15.4. The number of hydrogen-bond acceptors (Lipinski definition) is 5. The van der Waals surface area contributed by atoms with Crippen molar-refractivity contribution in [3.63, 3.8) is 0 Å². The number of nitrogens with zero attached hydrogens (tertiary/aromatic N) is 3. The zero-order valence-corrected chi connectivity index (χ0v) is 14.1. The molecule has 0 aromatic carbocycles. The number of hydrogen-bond donors (Lipinski definition) is 0.